The van der Waals surface area contributed by atoms with E-state index in [1.165, 1.54) is 43.9 Å². The number of benzene rings is 1. The number of methoxy groups -OCH3 is 1. The summed E-state index contributed by atoms with van der Waals surface area (Å²) in [7, 11) is 1.70. The second-order valence-electron chi connectivity index (χ2n) is 6.53. The molecule has 0 radical (unpaired) electrons. The summed E-state index contributed by atoms with van der Waals surface area (Å²) >= 11 is 0. The average molecular weight is 359 g/mol. The van der Waals surface area contributed by atoms with Crippen molar-refractivity contribution in [1.29, 1.82) is 0 Å². The lowest BCUT2D eigenvalue weighted by Crippen LogP contribution is -2.02. The Hall–Kier alpha value is -1.76. The lowest BCUT2D eigenvalue weighted by molar-refractivity contribution is -0.0135. The van der Waals surface area contributed by atoms with Gasteiger partial charge in [-0.1, -0.05) is 55.4 Å². The molecule has 0 aliphatic heterocycles. The summed E-state index contributed by atoms with van der Waals surface area (Å²) in [5.74, 6) is 7.35. The minimum atomic E-state index is 0.302. The normalized spacial score (nSPS) is 13.8. The van der Waals surface area contributed by atoms with Gasteiger partial charge in [-0.2, -0.15) is 0 Å². The van der Waals surface area contributed by atoms with E-state index in [2.05, 4.69) is 49.6 Å². The van der Waals surface area contributed by atoms with Gasteiger partial charge in [0, 0.05) is 25.2 Å². The van der Waals surface area contributed by atoms with Gasteiger partial charge in [0.05, 0.1) is 12.9 Å². The molecule has 0 aromatic heterocycles. The molecule has 1 aromatic carbocycles. The third-order valence-corrected chi connectivity index (χ3v) is 4.23. The molecule has 0 spiro atoms. The fourth-order valence-corrected chi connectivity index (χ4v) is 2.67. The Morgan fingerprint density at radius 2 is 1.77 bits per heavy atom. The lowest BCUT2D eigenvalue weighted by atomic mass is 9.90. The zero-order chi connectivity index (χ0) is 18.9. The van der Waals surface area contributed by atoms with Crippen molar-refractivity contribution in [1.82, 2.24) is 0 Å². The maximum Gasteiger partial charge on any atom is 0.188 e. The van der Waals surface area contributed by atoms with E-state index in [1.54, 1.807) is 7.11 Å². The third-order valence-electron chi connectivity index (χ3n) is 4.23. The Bertz CT molecular complexity index is 519. The van der Waals surface area contributed by atoms with Gasteiger partial charge in [-0.05, 0) is 44.7 Å². The van der Waals surface area contributed by atoms with E-state index in [0.29, 0.717) is 12.7 Å². The molecule has 0 bridgehead atoms. The summed E-state index contributed by atoms with van der Waals surface area (Å²) in [5.41, 5.74) is 2.46. The number of hydrogen-bond acceptors (Lipinski definition) is 3. The fourth-order valence-electron chi connectivity index (χ4n) is 2.67. The maximum absolute atomic E-state index is 5.07. The second kappa shape index (κ2) is 15.5. The van der Waals surface area contributed by atoms with Crippen LogP contribution in [0.1, 0.15) is 56.1 Å². The highest BCUT2D eigenvalue weighted by Crippen LogP contribution is 2.22. The van der Waals surface area contributed by atoms with Gasteiger partial charge in [-0.15, -0.1) is 0 Å². The molecule has 0 atom stereocenters. The molecular weight excluding hydrogens is 324 g/mol. The van der Waals surface area contributed by atoms with Crippen LogP contribution in [-0.2, 0) is 14.2 Å². The van der Waals surface area contributed by atoms with E-state index in [4.69, 9.17) is 14.2 Å². The topological polar surface area (TPSA) is 27.7 Å². The highest BCUT2D eigenvalue weighted by molar-refractivity contribution is 5.36. The SMILES string of the molecule is C=COCOCCCCOC.Cc1ccc(C#CC2CCCCC2)cc1. The van der Waals surface area contributed by atoms with Crippen molar-refractivity contribution in [2.24, 2.45) is 5.92 Å². The second-order valence-corrected chi connectivity index (χ2v) is 6.53. The highest BCUT2D eigenvalue weighted by Gasteiger charge is 2.09. The molecule has 2 rings (SSSR count). The van der Waals surface area contributed by atoms with E-state index in [9.17, 15) is 0 Å². The third kappa shape index (κ3) is 11.7. The summed E-state index contributed by atoms with van der Waals surface area (Å²) < 4.78 is 14.7. The molecule has 0 unspecified atom stereocenters. The molecule has 0 N–H and O–H groups in total. The molecule has 26 heavy (non-hydrogen) atoms. The summed E-state index contributed by atoms with van der Waals surface area (Å²) in [5, 5.41) is 0. The predicted molar refractivity (Wildman–Crippen MR) is 108 cm³/mol. The largest absolute Gasteiger partial charge is 0.476 e. The van der Waals surface area contributed by atoms with Crippen molar-refractivity contribution in [3.8, 4) is 11.8 Å². The molecule has 0 saturated heterocycles. The molecule has 1 aliphatic rings. The Morgan fingerprint density at radius 3 is 2.42 bits per heavy atom. The summed E-state index contributed by atoms with van der Waals surface area (Å²) in [6.07, 6.45) is 10.2. The average Bonchev–Trinajstić information content (AvgIpc) is 2.68. The Kier molecular flexibility index (Phi) is 13.3. The van der Waals surface area contributed by atoms with Crippen LogP contribution in [0.3, 0.4) is 0 Å². The van der Waals surface area contributed by atoms with Crippen molar-refractivity contribution in [2.45, 2.75) is 51.9 Å². The van der Waals surface area contributed by atoms with Gasteiger partial charge in [0.25, 0.3) is 0 Å². The Balaban J connectivity index is 0.000000276. The van der Waals surface area contributed by atoms with Crippen molar-refractivity contribution in [3.63, 3.8) is 0 Å². The monoisotopic (exact) mass is 358 g/mol. The maximum atomic E-state index is 5.07. The summed E-state index contributed by atoms with van der Waals surface area (Å²) in [6, 6.07) is 8.49. The van der Waals surface area contributed by atoms with Crippen LogP contribution in [0.2, 0.25) is 0 Å². The summed E-state index contributed by atoms with van der Waals surface area (Å²) in [6.45, 7) is 7.31. The van der Waals surface area contributed by atoms with Crippen LogP contribution in [0.5, 0.6) is 0 Å². The van der Waals surface area contributed by atoms with Gasteiger partial charge in [-0.25, -0.2) is 0 Å². The van der Waals surface area contributed by atoms with E-state index in [1.807, 2.05) is 0 Å². The predicted octanol–water partition coefficient (Wildman–Crippen LogP) is 5.47. The molecule has 3 heteroatoms. The van der Waals surface area contributed by atoms with Crippen LogP contribution in [0, 0.1) is 24.7 Å². The molecule has 144 valence electrons. The molecule has 1 aliphatic carbocycles. The van der Waals surface area contributed by atoms with Gasteiger partial charge >= 0.3 is 0 Å². The van der Waals surface area contributed by atoms with E-state index in [0.717, 1.165) is 31.6 Å². The van der Waals surface area contributed by atoms with Gasteiger partial charge in [0.15, 0.2) is 6.79 Å². The van der Waals surface area contributed by atoms with Gasteiger partial charge in [0.1, 0.15) is 0 Å². The van der Waals surface area contributed by atoms with Crippen LogP contribution in [0.4, 0.5) is 0 Å². The minimum absolute atomic E-state index is 0.302. The first-order valence-electron chi connectivity index (χ1n) is 9.63. The number of ether oxygens (including phenoxy) is 3. The molecule has 3 nitrogen and oxygen atoms in total. The van der Waals surface area contributed by atoms with Crippen molar-refractivity contribution >= 4 is 0 Å². The van der Waals surface area contributed by atoms with E-state index in [-0.39, 0.29) is 0 Å². The number of aryl methyl sites for hydroxylation is 1. The Morgan fingerprint density at radius 1 is 1.08 bits per heavy atom. The Labute approximate surface area is 159 Å². The molecular formula is C23H34O3. The van der Waals surface area contributed by atoms with Crippen LogP contribution in [0.25, 0.3) is 0 Å². The highest BCUT2D eigenvalue weighted by atomic mass is 16.7. The van der Waals surface area contributed by atoms with E-state index >= 15 is 0 Å². The first kappa shape index (κ1) is 22.3. The van der Waals surface area contributed by atoms with Crippen molar-refractivity contribution in [3.05, 3.63) is 48.2 Å². The first-order valence-corrected chi connectivity index (χ1v) is 9.63. The molecule has 1 fully saturated rings. The zero-order valence-electron chi connectivity index (χ0n) is 16.5. The van der Waals surface area contributed by atoms with E-state index < -0.39 is 0 Å². The van der Waals surface area contributed by atoms with Crippen LogP contribution < -0.4 is 0 Å². The fraction of sp³-hybridized carbons (Fsp3) is 0.565. The minimum Gasteiger partial charge on any atom is -0.476 e. The van der Waals surface area contributed by atoms with Crippen LogP contribution in [0.15, 0.2) is 37.1 Å². The smallest absolute Gasteiger partial charge is 0.188 e. The number of unbranched alkanes of at least 4 members (excludes halogenated alkanes) is 1. The molecule has 1 aromatic rings. The van der Waals surface area contributed by atoms with Crippen molar-refractivity contribution in [2.75, 3.05) is 27.1 Å². The zero-order valence-corrected chi connectivity index (χ0v) is 16.5. The van der Waals surface area contributed by atoms with Crippen LogP contribution in [-0.4, -0.2) is 27.1 Å². The summed E-state index contributed by atoms with van der Waals surface area (Å²) in [4.78, 5) is 0. The van der Waals surface area contributed by atoms with Gasteiger partial charge in [0.2, 0.25) is 0 Å². The standard InChI is InChI=1S/C15H18.C8H16O3/c1-13-7-9-15(10-8-13)12-11-14-5-3-2-4-6-14;1-3-10-8-11-7-5-4-6-9-2/h7-10,14H,2-6H2,1H3;3H,1,4-8H2,2H3. The molecule has 0 heterocycles. The van der Waals surface area contributed by atoms with Gasteiger partial charge in [-0.3, -0.25) is 0 Å². The van der Waals surface area contributed by atoms with Gasteiger partial charge < -0.3 is 14.2 Å². The number of hydrogen-bond donors (Lipinski definition) is 0. The quantitative estimate of drug-likeness (QED) is 0.267. The van der Waals surface area contributed by atoms with Crippen LogP contribution >= 0.6 is 0 Å². The number of rotatable bonds is 8. The lowest BCUT2D eigenvalue weighted by Gasteiger charge is -2.15. The first-order chi connectivity index (χ1) is 12.8. The molecule has 0 amide bonds. The molecule has 1 saturated carbocycles. The van der Waals surface area contributed by atoms with Crippen molar-refractivity contribution < 1.29 is 14.2 Å².